The van der Waals surface area contributed by atoms with Gasteiger partial charge >= 0.3 is 0 Å². The minimum Gasteiger partial charge on any atom is -0.507 e. The number of aryl methyl sites for hydroxylation is 1. The molecule has 2 heterocycles. The number of aromatic nitrogens is 3. The average Bonchev–Trinajstić information content (AvgIpc) is 3.66. The van der Waals surface area contributed by atoms with Gasteiger partial charge in [0.05, 0.1) is 31.9 Å². The third kappa shape index (κ3) is 8.21. The van der Waals surface area contributed by atoms with Crippen molar-refractivity contribution in [2.75, 3.05) is 0 Å². The van der Waals surface area contributed by atoms with Gasteiger partial charge in [-0.25, -0.2) is 4.98 Å². The Balaban J connectivity index is 0.00000648. The van der Waals surface area contributed by atoms with Gasteiger partial charge in [-0.15, -0.1) is 29.3 Å². The monoisotopic (exact) mass is 960 g/mol. The average molecular weight is 961 g/mol. The molecule has 0 aliphatic rings. The summed E-state index contributed by atoms with van der Waals surface area (Å²) >= 11 is 0. The summed E-state index contributed by atoms with van der Waals surface area (Å²) in [5.74, 6) is 0.938. The summed E-state index contributed by atoms with van der Waals surface area (Å²) in [4.78, 5) is 9.95. The van der Waals surface area contributed by atoms with E-state index in [1.54, 1.807) is 0 Å². The first-order valence-electron chi connectivity index (χ1n) is 23.4. The first-order chi connectivity index (χ1) is 30.7. The van der Waals surface area contributed by atoms with Crippen LogP contribution in [0.1, 0.15) is 97.7 Å². The van der Waals surface area contributed by atoms with E-state index in [-0.39, 0.29) is 91.2 Å². The van der Waals surface area contributed by atoms with Crippen LogP contribution in [0.5, 0.6) is 5.75 Å². The van der Waals surface area contributed by atoms with Crippen LogP contribution in [0.4, 0.5) is 0 Å². The van der Waals surface area contributed by atoms with Crippen molar-refractivity contribution in [3.8, 4) is 67.5 Å². The van der Waals surface area contributed by atoms with Crippen molar-refractivity contribution < 1.29 is 35.8 Å². The van der Waals surface area contributed by atoms with Crippen LogP contribution < -0.4 is 0 Å². The fraction of sp³-hybridized carbons (Fsp3) is 0.222. The van der Waals surface area contributed by atoms with Crippen LogP contribution in [-0.4, -0.2) is 19.6 Å². The Morgan fingerprint density at radius 1 is 0.695 bits per heavy atom. The number of hydrogen-bond acceptors (Lipinski definition) is 3. The second-order valence-corrected chi connectivity index (χ2v) is 16.8. The number of aromatic hydroxyl groups is 1. The topological polar surface area (TPSA) is 50.9 Å². The van der Waals surface area contributed by atoms with Gasteiger partial charge in [0.1, 0.15) is 11.6 Å². The maximum Gasteiger partial charge on any atom is 0.148 e. The van der Waals surface area contributed by atoms with Crippen LogP contribution in [0.3, 0.4) is 0 Å². The first kappa shape index (κ1) is 33.3. The smallest absolute Gasteiger partial charge is 0.148 e. The molecule has 1 N–H and O–H groups in total. The number of para-hydroxylation sites is 1. The fourth-order valence-corrected chi connectivity index (χ4v) is 7.40. The summed E-state index contributed by atoms with van der Waals surface area (Å²) in [5.41, 5.74) is 9.84. The Labute approximate surface area is 374 Å². The number of imidazole rings is 1. The van der Waals surface area contributed by atoms with Crippen molar-refractivity contribution in [1.82, 2.24) is 14.5 Å². The molecule has 4 nitrogen and oxygen atoms in total. The summed E-state index contributed by atoms with van der Waals surface area (Å²) in [6, 6.07) is 32.0. The molecule has 0 aliphatic heterocycles. The maximum atomic E-state index is 12.2. The normalized spacial score (nSPS) is 13.4. The number of rotatable bonds is 8. The summed E-state index contributed by atoms with van der Waals surface area (Å²) < 4.78 is 64.0. The quantitative estimate of drug-likeness (QED) is 0.154. The standard InChI is InChI=1S/C54H52N3O.Pt/c1-33(2)40-30-45(34(3)4)52(58)47(31-40)53-56-51-44(16-13-17-50(51)57(53)49-23-20-36(6)26-46(49)38-14-11-10-12-15-38)41-27-42(29-43(28-41)54(7,8)9)48-32-39(24-25-55-48)37-21-18-35(5)19-22-37;/h10-26,28-34,58H,1-9H3;/q-1;/i18D,19D,21D,22D,24D,25D,32D;. The van der Waals surface area contributed by atoms with E-state index in [0.717, 1.165) is 50.1 Å². The number of phenolic OH excluding ortho intramolecular Hbond substituents is 1. The summed E-state index contributed by atoms with van der Waals surface area (Å²) in [7, 11) is 0. The molecule has 0 amide bonds. The third-order valence-corrected chi connectivity index (χ3v) is 10.7. The van der Waals surface area contributed by atoms with Crippen LogP contribution in [0.15, 0.2) is 133 Å². The van der Waals surface area contributed by atoms with E-state index in [1.165, 1.54) is 6.92 Å². The van der Waals surface area contributed by atoms with Crippen LogP contribution >= 0.6 is 0 Å². The largest absolute Gasteiger partial charge is 0.507 e. The molecule has 300 valence electrons. The first-order valence-corrected chi connectivity index (χ1v) is 19.9. The van der Waals surface area contributed by atoms with Crippen LogP contribution in [0, 0.1) is 19.9 Å². The zero-order chi connectivity index (χ0) is 47.0. The molecule has 59 heavy (non-hydrogen) atoms. The molecule has 8 aromatic rings. The van der Waals surface area contributed by atoms with Crippen molar-refractivity contribution in [1.29, 1.82) is 0 Å². The number of benzene rings is 6. The molecule has 0 fully saturated rings. The van der Waals surface area contributed by atoms with Gasteiger partial charge in [0.15, 0.2) is 0 Å². The number of nitrogens with zero attached hydrogens (tertiary/aromatic N) is 3. The number of phenols is 1. The van der Waals surface area contributed by atoms with E-state index in [0.29, 0.717) is 28.0 Å². The van der Waals surface area contributed by atoms with Crippen molar-refractivity contribution in [3.63, 3.8) is 0 Å². The van der Waals surface area contributed by atoms with Gasteiger partial charge in [-0.1, -0.05) is 156 Å². The molecular weight excluding hydrogens is 902 g/mol. The van der Waals surface area contributed by atoms with E-state index in [2.05, 4.69) is 107 Å². The number of pyridine rings is 1. The van der Waals surface area contributed by atoms with Gasteiger partial charge in [-0.2, -0.15) is 0 Å². The Kier molecular flexibility index (Phi) is 9.36. The molecule has 0 unspecified atom stereocenters. The Morgan fingerprint density at radius 3 is 2.12 bits per heavy atom. The summed E-state index contributed by atoms with van der Waals surface area (Å²) in [6.45, 7) is 18.2. The van der Waals surface area contributed by atoms with Crippen molar-refractivity contribution in [2.24, 2.45) is 0 Å². The van der Waals surface area contributed by atoms with Gasteiger partial charge in [-0.05, 0) is 89.2 Å². The SMILES string of the molecule is [2H]c1nc(-c2[c-]c(-c3cccc4c3nc(-c3cc(C(C)C)cc(C(C)C)c3O)n4-c3ccc(C)cc3-c3ccccc3)cc(C(C)(C)C)c2)c([2H])c(-c2c([2H])c([2H])c(C)c([2H])c2[2H])c1[2H].[Pt]. The number of hydrogen-bond donors (Lipinski definition) is 1. The van der Waals surface area contributed by atoms with Crippen LogP contribution in [0.2, 0.25) is 0 Å². The zero-order valence-corrected chi connectivity index (χ0v) is 37.2. The zero-order valence-electron chi connectivity index (χ0n) is 41.9. The molecule has 0 saturated heterocycles. The van der Waals surface area contributed by atoms with Gasteiger partial charge in [0.25, 0.3) is 0 Å². The molecule has 8 rings (SSSR count). The minimum absolute atomic E-state index is 0. The maximum absolute atomic E-state index is 12.2. The van der Waals surface area contributed by atoms with Crippen LogP contribution in [-0.2, 0) is 26.5 Å². The van der Waals surface area contributed by atoms with E-state index < -0.39 is 17.6 Å². The van der Waals surface area contributed by atoms with Crippen molar-refractivity contribution in [3.05, 3.63) is 167 Å². The van der Waals surface area contributed by atoms with E-state index in [4.69, 9.17) is 13.2 Å². The van der Waals surface area contributed by atoms with E-state index >= 15 is 0 Å². The molecule has 0 bridgehead atoms. The second-order valence-electron chi connectivity index (χ2n) is 16.8. The Bertz CT molecular complexity index is 3180. The predicted molar refractivity (Wildman–Crippen MR) is 243 cm³/mol. The van der Waals surface area contributed by atoms with Gasteiger partial charge in [0.2, 0.25) is 0 Å². The molecule has 6 aromatic carbocycles. The van der Waals surface area contributed by atoms with Crippen molar-refractivity contribution in [2.45, 2.75) is 79.6 Å². The molecule has 2 aromatic heterocycles. The minimum atomic E-state index is -0.471. The van der Waals surface area contributed by atoms with Gasteiger partial charge < -0.3 is 5.11 Å². The van der Waals surface area contributed by atoms with E-state index in [9.17, 15) is 6.48 Å². The summed E-state index contributed by atoms with van der Waals surface area (Å²) in [6.07, 6.45) is -0.471. The Morgan fingerprint density at radius 2 is 1.42 bits per heavy atom. The summed E-state index contributed by atoms with van der Waals surface area (Å²) in [5, 5.41) is 12.2. The molecule has 0 atom stereocenters. The predicted octanol–water partition coefficient (Wildman–Crippen LogP) is 14.4. The van der Waals surface area contributed by atoms with Gasteiger partial charge in [0, 0.05) is 38.5 Å². The third-order valence-electron chi connectivity index (χ3n) is 10.7. The van der Waals surface area contributed by atoms with Crippen molar-refractivity contribution >= 4 is 11.0 Å². The van der Waals surface area contributed by atoms with Gasteiger partial charge in [-0.3, -0.25) is 9.55 Å². The second kappa shape index (κ2) is 16.6. The molecule has 5 heteroatoms. The Hall–Kier alpha value is -5.57. The number of fused-ring (bicyclic) bond motifs is 1. The molecule has 0 spiro atoms. The molecular formula is C54H52N3OPt-. The molecule has 0 saturated carbocycles. The molecule has 0 radical (unpaired) electrons. The van der Waals surface area contributed by atoms with Crippen LogP contribution in [0.25, 0.3) is 72.7 Å². The molecule has 0 aliphatic carbocycles. The fourth-order valence-electron chi connectivity index (χ4n) is 7.40. The van der Waals surface area contributed by atoms with E-state index in [1.807, 2.05) is 54.6 Å².